The highest BCUT2D eigenvalue weighted by Crippen LogP contribution is 2.26. The minimum Gasteiger partial charge on any atom is -0.318 e. The number of anilines is 1. The molecule has 0 aliphatic carbocycles. The molecule has 2 rings (SSSR count). The van der Waals surface area contributed by atoms with Crippen LogP contribution in [0.15, 0.2) is 30.5 Å². The Kier molecular flexibility index (Phi) is 3.71. The Morgan fingerprint density at radius 2 is 1.95 bits per heavy atom. The van der Waals surface area contributed by atoms with Crippen molar-refractivity contribution < 1.29 is 18.0 Å². The maximum Gasteiger partial charge on any atom is 0.257 e. The third kappa shape index (κ3) is 3.03. The summed E-state index contributed by atoms with van der Waals surface area (Å²) < 4.78 is 38.8. The van der Waals surface area contributed by atoms with Crippen LogP contribution in [0, 0.1) is 17.6 Å². The number of halogens is 4. The molecule has 0 fully saturated rings. The Balaban J connectivity index is 2.26. The van der Waals surface area contributed by atoms with Crippen molar-refractivity contribution in [3.8, 4) is 0 Å². The third-order valence-corrected chi connectivity index (χ3v) is 2.53. The van der Waals surface area contributed by atoms with Gasteiger partial charge < -0.3 is 5.32 Å². The molecule has 1 aromatic heterocycles. The number of hydrogen-bond acceptors (Lipinski definition) is 2. The van der Waals surface area contributed by atoms with Crippen molar-refractivity contribution in [2.24, 2.45) is 0 Å². The van der Waals surface area contributed by atoms with Crippen LogP contribution in [0.3, 0.4) is 0 Å². The van der Waals surface area contributed by atoms with Crippen LogP contribution in [-0.4, -0.2) is 10.9 Å². The fraction of sp³-hybridized carbons (Fsp3) is 0. The van der Waals surface area contributed by atoms with E-state index in [1.165, 1.54) is 6.07 Å². The van der Waals surface area contributed by atoms with Crippen LogP contribution in [0.2, 0.25) is 5.02 Å². The minimum atomic E-state index is -1.01. The molecule has 1 heterocycles. The Hall–Kier alpha value is -2.08. The molecule has 0 saturated carbocycles. The topological polar surface area (TPSA) is 42.0 Å². The van der Waals surface area contributed by atoms with Crippen molar-refractivity contribution in [1.29, 1.82) is 0 Å². The second-order valence-corrected chi connectivity index (χ2v) is 3.98. The van der Waals surface area contributed by atoms with Gasteiger partial charge in [-0.1, -0.05) is 11.6 Å². The quantitative estimate of drug-likeness (QED) is 0.860. The molecule has 0 atom stereocenters. The molecule has 0 unspecified atom stereocenters. The lowest BCUT2D eigenvalue weighted by atomic mass is 10.2. The summed E-state index contributed by atoms with van der Waals surface area (Å²) in [5, 5.41) is 1.89. The molecule has 0 radical (unpaired) electrons. The SMILES string of the molecule is O=C(Nc1c(F)cc(F)cc1Cl)c1ccc(F)nc1. The summed E-state index contributed by atoms with van der Waals surface area (Å²) in [5.74, 6) is -3.35. The molecule has 1 N–H and O–H groups in total. The molecule has 0 aliphatic heterocycles. The monoisotopic (exact) mass is 286 g/mol. The molecule has 0 spiro atoms. The average molecular weight is 287 g/mol. The second-order valence-electron chi connectivity index (χ2n) is 3.57. The number of pyridine rings is 1. The van der Waals surface area contributed by atoms with E-state index >= 15 is 0 Å². The van der Waals surface area contributed by atoms with E-state index in [4.69, 9.17) is 11.6 Å². The molecule has 2 aromatic rings. The summed E-state index contributed by atoms with van der Waals surface area (Å²) in [4.78, 5) is 15.0. The molecule has 98 valence electrons. The first kappa shape index (κ1) is 13.4. The van der Waals surface area contributed by atoms with Crippen molar-refractivity contribution in [3.05, 3.63) is 58.6 Å². The van der Waals surface area contributed by atoms with E-state index in [0.29, 0.717) is 6.07 Å². The van der Waals surface area contributed by atoms with Gasteiger partial charge in [0, 0.05) is 12.3 Å². The fourth-order valence-corrected chi connectivity index (χ4v) is 1.60. The second kappa shape index (κ2) is 5.27. The van der Waals surface area contributed by atoms with Crippen molar-refractivity contribution in [2.45, 2.75) is 0 Å². The van der Waals surface area contributed by atoms with Gasteiger partial charge in [-0.2, -0.15) is 4.39 Å². The molecule has 19 heavy (non-hydrogen) atoms. The lowest BCUT2D eigenvalue weighted by Gasteiger charge is -2.08. The number of nitrogens with one attached hydrogen (secondary N) is 1. The van der Waals surface area contributed by atoms with Crippen LogP contribution in [0.4, 0.5) is 18.9 Å². The fourth-order valence-electron chi connectivity index (χ4n) is 1.36. The van der Waals surface area contributed by atoms with Gasteiger partial charge in [0.05, 0.1) is 16.3 Å². The summed E-state index contributed by atoms with van der Waals surface area (Å²) in [7, 11) is 0. The van der Waals surface area contributed by atoms with Gasteiger partial charge in [0.1, 0.15) is 5.82 Å². The van der Waals surface area contributed by atoms with Crippen molar-refractivity contribution in [2.75, 3.05) is 5.32 Å². The van der Waals surface area contributed by atoms with Gasteiger partial charge in [0.2, 0.25) is 5.95 Å². The van der Waals surface area contributed by atoms with Gasteiger partial charge in [-0.3, -0.25) is 4.79 Å². The zero-order valence-corrected chi connectivity index (χ0v) is 10.0. The number of rotatable bonds is 2. The minimum absolute atomic E-state index is 0.0150. The number of carbonyl (C=O) groups is 1. The number of hydrogen-bond donors (Lipinski definition) is 1. The molecular weight excluding hydrogens is 281 g/mol. The Morgan fingerprint density at radius 3 is 2.53 bits per heavy atom. The van der Waals surface area contributed by atoms with Gasteiger partial charge in [0.15, 0.2) is 5.82 Å². The number of aromatic nitrogens is 1. The Labute approximate surface area is 111 Å². The normalized spacial score (nSPS) is 10.3. The van der Waals surface area contributed by atoms with E-state index in [0.717, 1.165) is 18.3 Å². The van der Waals surface area contributed by atoms with Gasteiger partial charge in [0.25, 0.3) is 5.91 Å². The van der Waals surface area contributed by atoms with E-state index in [-0.39, 0.29) is 16.3 Å². The number of amides is 1. The maximum atomic E-state index is 13.4. The lowest BCUT2D eigenvalue weighted by molar-refractivity contribution is 0.102. The number of carbonyl (C=O) groups excluding carboxylic acids is 1. The first-order valence-electron chi connectivity index (χ1n) is 5.05. The third-order valence-electron chi connectivity index (χ3n) is 2.23. The van der Waals surface area contributed by atoms with Crippen molar-refractivity contribution in [3.63, 3.8) is 0 Å². The van der Waals surface area contributed by atoms with Crippen molar-refractivity contribution in [1.82, 2.24) is 4.98 Å². The van der Waals surface area contributed by atoms with Crippen LogP contribution < -0.4 is 5.32 Å². The summed E-state index contributed by atoms with van der Waals surface area (Å²) in [6, 6.07) is 3.61. The van der Waals surface area contributed by atoms with Crippen LogP contribution in [0.5, 0.6) is 0 Å². The van der Waals surface area contributed by atoms with Crippen molar-refractivity contribution >= 4 is 23.2 Å². The highest BCUT2D eigenvalue weighted by atomic mass is 35.5. The van der Waals surface area contributed by atoms with Crippen LogP contribution in [-0.2, 0) is 0 Å². The van der Waals surface area contributed by atoms with Gasteiger partial charge >= 0.3 is 0 Å². The van der Waals surface area contributed by atoms with E-state index in [2.05, 4.69) is 10.3 Å². The van der Waals surface area contributed by atoms with Crippen LogP contribution in [0.1, 0.15) is 10.4 Å². The van der Waals surface area contributed by atoms with E-state index < -0.39 is 23.5 Å². The largest absolute Gasteiger partial charge is 0.318 e. The average Bonchev–Trinajstić information content (AvgIpc) is 2.34. The molecule has 0 saturated heterocycles. The van der Waals surface area contributed by atoms with E-state index in [1.807, 2.05) is 0 Å². The first-order valence-corrected chi connectivity index (χ1v) is 5.42. The van der Waals surface area contributed by atoms with Gasteiger partial charge in [-0.05, 0) is 18.2 Å². The molecule has 1 amide bonds. The zero-order chi connectivity index (χ0) is 14.0. The molecular formula is C12H6ClF3N2O. The zero-order valence-electron chi connectivity index (χ0n) is 9.25. The summed E-state index contributed by atoms with van der Waals surface area (Å²) in [6.45, 7) is 0. The summed E-state index contributed by atoms with van der Waals surface area (Å²) >= 11 is 5.62. The lowest BCUT2D eigenvalue weighted by Crippen LogP contribution is -2.14. The Morgan fingerprint density at radius 1 is 1.21 bits per heavy atom. The molecule has 0 aliphatic rings. The van der Waals surface area contributed by atoms with E-state index in [1.54, 1.807) is 0 Å². The van der Waals surface area contributed by atoms with Gasteiger partial charge in [-0.25, -0.2) is 13.8 Å². The maximum absolute atomic E-state index is 13.4. The first-order chi connectivity index (χ1) is 8.97. The number of nitrogens with zero attached hydrogens (tertiary/aromatic N) is 1. The highest BCUT2D eigenvalue weighted by Gasteiger charge is 2.14. The predicted molar refractivity (Wildman–Crippen MR) is 63.5 cm³/mol. The Bertz CT molecular complexity index is 608. The predicted octanol–water partition coefficient (Wildman–Crippen LogP) is 3.40. The summed E-state index contributed by atoms with van der Waals surface area (Å²) in [5.41, 5.74) is -0.335. The molecule has 0 bridgehead atoms. The standard InChI is InChI=1S/C12H6ClF3N2O/c13-8-3-7(14)4-9(15)11(8)18-12(19)6-1-2-10(16)17-5-6/h1-5H,(H,18,19). The van der Waals surface area contributed by atoms with Crippen LogP contribution >= 0.6 is 11.6 Å². The van der Waals surface area contributed by atoms with Crippen LogP contribution in [0.25, 0.3) is 0 Å². The molecule has 7 heteroatoms. The number of benzene rings is 1. The summed E-state index contributed by atoms with van der Waals surface area (Å²) in [6.07, 6.45) is 0.986. The molecule has 3 nitrogen and oxygen atoms in total. The van der Waals surface area contributed by atoms with E-state index in [9.17, 15) is 18.0 Å². The molecule has 1 aromatic carbocycles. The highest BCUT2D eigenvalue weighted by molar-refractivity contribution is 6.34. The smallest absolute Gasteiger partial charge is 0.257 e. The van der Waals surface area contributed by atoms with Gasteiger partial charge in [-0.15, -0.1) is 0 Å².